The molecule has 0 aliphatic carbocycles. The maximum atomic E-state index is 11.1. The molecule has 1 rings (SSSR count). The summed E-state index contributed by atoms with van der Waals surface area (Å²) >= 11 is 5.37. The zero-order valence-corrected chi connectivity index (χ0v) is 8.12. The first kappa shape index (κ1) is 10.7. The van der Waals surface area contributed by atoms with Crippen LogP contribution in [0.5, 0.6) is 0 Å². The molecular weight excluding hydrogens is 204 g/mol. The largest absolute Gasteiger partial charge is 0.481 e. The van der Waals surface area contributed by atoms with Gasteiger partial charge in [-0.3, -0.25) is 9.59 Å². The lowest BCUT2D eigenvalue weighted by Crippen LogP contribution is -2.02. The van der Waals surface area contributed by atoms with Crippen LogP contribution in [-0.4, -0.2) is 22.7 Å². The summed E-state index contributed by atoms with van der Waals surface area (Å²) in [4.78, 5) is 21.5. The molecule has 0 aromatic heterocycles. The molecule has 0 radical (unpaired) electrons. The maximum absolute atomic E-state index is 11.1. The fourth-order valence-electron chi connectivity index (χ4n) is 1.06. The van der Waals surface area contributed by atoms with Gasteiger partial charge >= 0.3 is 5.97 Å². The van der Waals surface area contributed by atoms with E-state index in [-0.39, 0.29) is 18.1 Å². The van der Waals surface area contributed by atoms with E-state index in [2.05, 4.69) is 0 Å². The smallest absolute Gasteiger partial charge is 0.307 e. The number of carboxylic acids is 1. The molecule has 14 heavy (non-hydrogen) atoms. The van der Waals surface area contributed by atoms with Crippen molar-refractivity contribution in [2.45, 2.75) is 6.42 Å². The molecule has 0 aliphatic rings. The first-order valence-electron chi connectivity index (χ1n) is 4.03. The summed E-state index contributed by atoms with van der Waals surface area (Å²) in [6, 6.07) is 6.41. The van der Waals surface area contributed by atoms with Crippen LogP contribution >= 0.6 is 11.6 Å². The van der Waals surface area contributed by atoms with Crippen molar-refractivity contribution >= 4 is 23.4 Å². The number of benzene rings is 1. The summed E-state index contributed by atoms with van der Waals surface area (Å²) in [5.41, 5.74) is 1.18. The van der Waals surface area contributed by atoms with Crippen LogP contribution in [0.1, 0.15) is 15.9 Å². The third-order valence-electron chi connectivity index (χ3n) is 1.75. The van der Waals surface area contributed by atoms with Crippen molar-refractivity contribution in [3.05, 3.63) is 35.4 Å². The quantitative estimate of drug-likeness (QED) is 0.611. The Labute approximate surface area is 86.3 Å². The molecule has 1 N–H and O–H groups in total. The number of hydrogen-bond donors (Lipinski definition) is 1. The van der Waals surface area contributed by atoms with Gasteiger partial charge < -0.3 is 5.11 Å². The van der Waals surface area contributed by atoms with Crippen molar-refractivity contribution in [1.82, 2.24) is 0 Å². The Hall–Kier alpha value is -1.35. The zero-order valence-electron chi connectivity index (χ0n) is 7.37. The molecule has 0 unspecified atom stereocenters. The normalized spacial score (nSPS) is 9.79. The van der Waals surface area contributed by atoms with Crippen molar-refractivity contribution in [3.63, 3.8) is 0 Å². The number of carbonyl (C=O) groups is 2. The van der Waals surface area contributed by atoms with E-state index in [9.17, 15) is 9.59 Å². The van der Waals surface area contributed by atoms with E-state index in [0.29, 0.717) is 11.1 Å². The highest BCUT2D eigenvalue weighted by Crippen LogP contribution is 2.06. The zero-order chi connectivity index (χ0) is 10.6. The summed E-state index contributed by atoms with van der Waals surface area (Å²) in [5.74, 6) is -1.10. The molecule has 0 spiro atoms. The Morgan fingerprint density at radius 3 is 2.21 bits per heavy atom. The Bertz CT molecular complexity index is 343. The lowest BCUT2D eigenvalue weighted by Gasteiger charge is -1.99. The maximum Gasteiger partial charge on any atom is 0.307 e. The number of carbonyl (C=O) groups excluding carboxylic acids is 1. The van der Waals surface area contributed by atoms with Crippen molar-refractivity contribution in [1.29, 1.82) is 0 Å². The van der Waals surface area contributed by atoms with E-state index in [1.165, 1.54) is 0 Å². The second-order valence-corrected chi connectivity index (χ2v) is 3.09. The summed E-state index contributed by atoms with van der Waals surface area (Å²) in [6.07, 6.45) is -0.0324. The number of alkyl halides is 1. The van der Waals surface area contributed by atoms with Crippen LogP contribution in [0.2, 0.25) is 0 Å². The van der Waals surface area contributed by atoms with Crippen LogP contribution in [0.3, 0.4) is 0 Å². The molecule has 3 nitrogen and oxygen atoms in total. The lowest BCUT2D eigenvalue weighted by atomic mass is 10.1. The van der Waals surface area contributed by atoms with E-state index in [1.807, 2.05) is 0 Å². The highest BCUT2D eigenvalue weighted by Gasteiger charge is 2.04. The topological polar surface area (TPSA) is 54.4 Å². The van der Waals surface area contributed by atoms with E-state index in [1.54, 1.807) is 24.3 Å². The third kappa shape index (κ3) is 2.85. The van der Waals surface area contributed by atoms with Gasteiger partial charge in [-0.2, -0.15) is 0 Å². The van der Waals surface area contributed by atoms with Gasteiger partial charge in [-0.25, -0.2) is 0 Å². The second kappa shape index (κ2) is 4.77. The fraction of sp³-hybridized carbons (Fsp3) is 0.200. The minimum atomic E-state index is -0.888. The lowest BCUT2D eigenvalue weighted by molar-refractivity contribution is -0.136. The first-order chi connectivity index (χ1) is 6.63. The Balaban J connectivity index is 2.78. The molecule has 0 saturated carbocycles. The van der Waals surface area contributed by atoms with E-state index in [4.69, 9.17) is 16.7 Å². The van der Waals surface area contributed by atoms with Gasteiger partial charge in [0.1, 0.15) is 0 Å². The van der Waals surface area contributed by atoms with Crippen LogP contribution in [0.15, 0.2) is 24.3 Å². The average Bonchev–Trinajstić information content (AvgIpc) is 2.17. The predicted octanol–water partition coefficient (Wildman–Crippen LogP) is 1.74. The van der Waals surface area contributed by atoms with Gasteiger partial charge in [-0.1, -0.05) is 24.3 Å². The minimum absolute atomic E-state index is 0.0324. The molecule has 0 amide bonds. The van der Waals surface area contributed by atoms with E-state index >= 15 is 0 Å². The molecule has 0 heterocycles. The fourth-order valence-corrected chi connectivity index (χ4v) is 1.21. The molecule has 1 aromatic carbocycles. The van der Waals surface area contributed by atoms with Crippen LogP contribution in [0.4, 0.5) is 0 Å². The van der Waals surface area contributed by atoms with Gasteiger partial charge in [-0.15, -0.1) is 11.6 Å². The highest BCUT2D eigenvalue weighted by molar-refractivity contribution is 6.30. The van der Waals surface area contributed by atoms with Crippen molar-refractivity contribution in [2.24, 2.45) is 0 Å². The van der Waals surface area contributed by atoms with Crippen LogP contribution in [0.25, 0.3) is 0 Å². The molecule has 4 heteroatoms. The number of carboxylic acid groups (broad SMARTS) is 1. The van der Waals surface area contributed by atoms with Gasteiger partial charge in [0.25, 0.3) is 0 Å². The van der Waals surface area contributed by atoms with Gasteiger partial charge in [0, 0.05) is 5.56 Å². The standard InChI is InChI=1S/C10H9ClO3/c11-6-9(12)8-3-1-7(2-4-8)5-10(13)14/h1-4H,5-6H2,(H,13,14). The number of hydrogen-bond acceptors (Lipinski definition) is 2. The minimum Gasteiger partial charge on any atom is -0.481 e. The first-order valence-corrected chi connectivity index (χ1v) is 4.57. The Morgan fingerprint density at radius 1 is 1.21 bits per heavy atom. The summed E-state index contributed by atoms with van der Waals surface area (Å²) in [7, 11) is 0. The predicted molar refractivity (Wildman–Crippen MR) is 52.8 cm³/mol. The summed E-state index contributed by atoms with van der Waals surface area (Å²) < 4.78 is 0. The Morgan fingerprint density at radius 2 is 1.79 bits per heavy atom. The highest BCUT2D eigenvalue weighted by atomic mass is 35.5. The van der Waals surface area contributed by atoms with Crippen LogP contribution in [0, 0.1) is 0 Å². The van der Waals surface area contributed by atoms with Gasteiger partial charge in [0.15, 0.2) is 5.78 Å². The van der Waals surface area contributed by atoms with Crippen molar-refractivity contribution in [3.8, 4) is 0 Å². The third-order valence-corrected chi connectivity index (χ3v) is 2.00. The number of ketones is 1. The number of aliphatic carboxylic acids is 1. The molecule has 1 aromatic rings. The van der Waals surface area contributed by atoms with E-state index < -0.39 is 5.97 Å². The number of halogens is 1. The van der Waals surface area contributed by atoms with Gasteiger partial charge in [-0.05, 0) is 5.56 Å². The van der Waals surface area contributed by atoms with E-state index in [0.717, 1.165) is 0 Å². The summed E-state index contributed by atoms with van der Waals surface area (Å²) in [5, 5.41) is 8.50. The molecular formula is C10H9ClO3. The average molecular weight is 213 g/mol. The number of Topliss-reactive ketones (excluding diaryl/α,β-unsaturated/α-hetero) is 1. The van der Waals surface area contributed by atoms with Crippen LogP contribution in [-0.2, 0) is 11.2 Å². The van der Waals surface area contributed by atoms with Crippen LogP contribution < -0.4 is 0 Å². The molecule has 0 aliphatic heterocycles. The Kier molecular flexibility index (Phi) is 3.65. The van der Waals surface area contributed by atoms with Crippen molar-refractivity contribution in [2.75, 3.05) is 5.88 Å². The molecule has 0 saturated heterocycles. The summed E-state index contributed by atoms with van der Waals surface area (Å²) in [6.45, 7) is 0. The molecule has 0 fully saturated rings. The van der Waals surface area contributed by atoms with Crippen molar-refractivity contribution < 1.29 is 14.7 Å². The molecule has 74 valence electrons. The van der Waals surface area contributed by atoms with Gasteiger partial charge in [0.2, 0.25) is 0 Å². The number of rotatable bonds is 4. The monoisotopic (exact) mass is 212 g/mol. The molecule has 0 bridgehead atoms. The molecule has 0 atom stereocenters. The van der Waals surface area contributed by atoms with Gasteiger partial charge in [0.05, 0.1) is 12.3 Å². The SMILES string of the molecule is O=C(O)Cc1ccc(C(=O)CCl)cc1. The second-order valence-electron chi connectivity index (χ2n) is 2.82.